The van der Waals surface area contributed by atoms with Crippen LogP contribution in [0.4, 0.5) is 5.69 Å². The van der Waals surface area contributed by atoms with E-state index in [0.717, 1.165) is 34.9 Å². The molecule has 5 aliphatic rings. The molecular formula is C20H29AsN3. The van der Waals surface area contributed by atoms with Crippen LogP contribution in [0.1, 0.15) is 38.5 Å². The number of anilines is 1. The molecule has 1 atom stereocenters. The monoisotopic (exact) mass is 386 g/mol. The molecule has 1 aliphatic heterocycles. The van der Waals surface area contributed by atoms with Crippen LogP contribution in [-0.2, 0) is 0 Å². The molecule has 1 aromatic rings. The van der Waals surface area contributed by atoms with E-state index in [9.17, 15) is 0 Å². The van der Waals surface area contributed by atoms with Crippen LogP contribution in [0, 0.1) is 23.7 Å². The molecule has 0 spiro atoms. The topological polar surface area (TPSA) is 28.2 Å². The Morgan fingerprint density at radius 1 is 1.12 bits per heavy atom. The van der Waals surface area contributed by atoms with E-state index in [1.54, 1.807) is 32.1 Å². The molecule has 4 heteroatoms. The molecule has 2 heterocycles. The number of rotatable bonds is 4. The fourth-order valence-electron chi connectivity index (χ4n) is 6.17. The number of likely N-dealkylation sites (N-methyl/N-ethyl adjacent to an activating group) is 1. The van der Waals surface area contributed by atoms with Gasteiger partial charge in [-0.1, -0.05) is 0 Å². The molecule has 1 saturated heterocycles. The van der Waals surface area contributed by atoms with Crippen molar-refractivity contribution in [1.29, 1.82) is 0 Å². The first kappa shape index (κ1) is 15.7. The van der Waals surface area contributed by atoms with Gasteiger partial charge in [0.2, 0.25) is 0 Å². The van der Waals surface area contributed by atoms with Gasteiger partial charge >= 0.3 is 153 Å². The summed E-state index contributed by atoms with van der Waals surface area (Å²) in [6.45, 7) is 2.33. The standard InChI is InChI=1S/C20H29AsN3/c1-22-17-3-5-24(12-17)18-2-4-23-19(11-18)21-20-15-7-13-6-14(9-15)10-16(20)8-13/h2,4,11,13-17,20,22H,3,5-10,12H2,1H3/t13?,14?,15?,16?,17-,20?/m0/s1. The summed E-state index contributed by atoms with van der Waals surface area (Å²) in [5.74, 6) is 4.28. The first-order valence-electron chi connectivity index (χ1n) is 9.87. The molecule has 4 aliphatic carbocycles. The Kier molecular flexibility index (Phi) is 4.14. The number of aromatic nitrogens is 1. The van der Waals surface area contributed by atoms with E-state index in [-0.39, 0.29) is 15.8 Å². The van der Waals surface area contributed by atoms with Gasteiger partial charge in [0.25, 0.3) is 0 Å². The van der Waals surface area contributed by atoms with E-state index in [0.29, 0.717) is 6.04 Å². The second-order valence-corrected chi connectivity index (χ2v) is 11.4. The van der Waals surface area contributed by atoms with Crippen molar-refractivity contribution in [2.45, 2.75) is 49.3 Å². The van der Waals surface area contributed by atoms with Gasteiger partial charge in [-0.3, -0.25) is 0 Å². The van der Waals surface area contributed by atoms with Crippen LogP contribution in [0.2, 0.25) is 4.71 Å². The number of nitrogens with zero attached hydrogens (tertiary/aromatic N) is 2. The zero-order valence-electron chi connectivity index (χ0n) is 14.7. The SMILES string of the molecule is CN[C@H]1CCN(c2ccnc([As]C3C4CC5CC(C4)CC3C5)c2)C1. The van der Waals surface area contributed by atoms with Crippen LogP contribution in [0.15, 0.2) is 18.3 Å². The number of hydrogen-bond acceptors (Lipinski definition) is 3. The third kappa shape index (κ3) is 2.82. The predicted octanol–water partition coefficient (Wildman–Crippen LogP) is 2.45. The molecule has 24 heavy (non-hydrogen) atoms. The van der Waals surface area contributed by atoms with E-state index in [2.05, 4.69) is 35.6 Å². The molecule has 1 radical (unpaired) electrons. The van der Waals surface area contributed by atoms with E-state index in [4.69, 9.17) is 4.98 Å². The molecule has 0 amide bonds. The molecule has 1 N–H and O–H groups in total. The van der Waals surface area contributed by atoms with E-state index in [1.165, 1.54) is 23.1 Å². The minimum absolute atomic E-state index is 0.241. The van der Waals surface area contributed by atoms with Crippen molar-refractivity contribution in [3.63, 3.8) is 0 Å². The predicted molar refractivity (Wildman–Crippen MR) is 100 cm³/mol. The van der Waals surface area contributed by atoms with Gasteiger partial charge in [0.15, 0.2) is 0 Å². The quantitative estimate of drug-likeness (QED) is 0.806. The van der Waals surface area contributed by atoms with Gasteiger partial charge in [-0.2, -0.15) is 0 Å². The molecular weight excluding hydrogens is 357 g/mol. The molecule has 5 fully saturated rings. The van der Waals surface area contributed by atoms with Crippen LogP contribution in [-0.4, -0.2) is 46.9 Å². The van der Waals surface area contributed by atoms with Gasteiger partial charge in [0, 0.05) is 0 Å². The first-order chi connectivity index (χ1) is 11.8. The Labute approximate surface area is 152 Å². The fourth-order valence-corrected chi connectivity index (χ4v) is 9.43. The minimum atomic E-state index is 0.241. The Balaban J connectivity index is 1.30. The summed E-state index contributed by atoms with van der Waals surface area (Å²) in [5, 5.41) is 3.43. The average Bonchev–Trinajstić information content (AvgIpc) is 3.07. The molecule has 129 valence electrons. The third-order valence-corrected chi connectivity index (χ3v) is 10.6. The van der Waals surface area contributed by atoms with Crippen molar-refractivity contribution in [2.24, 2.45) is 23.7 Å². The molecule has 6 rings (SSSR count). The Morgan fingerprint density at radius 3 is 2.54 bits per heavy atom. The van der Waals surface area contributed by atoms with Gasteiger partial charge in [-0.25, -0.2) is 0 Å². The Bertz CT molecular complexity index is 576. The van der Waals surface area contributed by atoms with Crippen molar-refractivity contribution in [1.82, 2.24) is 10.3 Å². The Hall–Kier alpha value is -0.532. The first-order valence-corrected chi connectivity index (χ1v) is 11.9. The second-order valence-electron chi connectivity index (χ2n) is 8.64. The van der Waals surface area contributed by atoms with Crippen LogP contribution < -0.4 is 14.7 Å². The fraction of sp³-hybridized carbons (Fsp3) is 0.750. The van der Waals surface area contributed by atoms with Crippen molar-refractivity contribution in [3.8, 4) is 0 Å². The zero-order valence-corrected chi connectivity index (χ0v) is 16.6. The van der Waals surface area contributed by atoms with Gasteiger partial charge in [-0.15, -0.1) is 0 Å². The van der Waals surface area contributed by atoms with Crippen molar-refractivity contribution < 1.29 is 0 Å². The summed E-state index contributed by atoms with van der Waals surface area (Å²) in [6, 6.07) is 5.31. The summed E-state index contributed by atoms with van der Waals surface area (Å²) >= 11 is 0.241. The van der Waals surface area contributed by atoms with Gasteiger partial charge < -0.3 is 0 Å². The van der Waals surface area contributed by atoms with Crippen LogP contribution >= 0.6 is 0 Å². The molecule has 0 unspecified atom stereocenters. The molecule has 0 aromatic carbocycles. The van der Waals surface area contributed by atoms with E-state index < -0.39 is 0 Å². The van der Waals surface area contributed by atoms with E-state index >= 15 is 0 Å². The van der Waals surface area contributed by atoms with Gasteiger partial charge in [-0.05, 0) is 0 Å². The number of nitrogens with one attached hydrogen (secondary N) is 1. The summed E-state index contributed by atoms with van der Waals surface area (Å²) < 4.78 is 2.45. The molecule has 1 aromatic heterocycles. The van der Waals surface area contributed by atoms with Gasteiger partial charge in [0.05, 0.1) is 0 Å². The van der Waals surface area contributed by atoms with Crippen molar-refractivity contribution in [2.75, 3.05) is 25.0 Å². The summed E-state index contributed by atoms with van der Waals surface area (Å²) in [6.07, 6.45) is 11.1. The molecule has 3 nitrogen and oxygen atoms in total. The van der Waals surface area contributed by atoms with Gasteiger partial charge in [0.1, 0.15) is 0 Å². The molecule has 4 saturated carbocycles. The maximum atomic E-state index is 4.80. The van der Waals surface area contributed by atoms with Crippen LogP contribution in [0.3, 0.4) is 0 Å². The van der Waals surface area contributed by atoms with Crippen LogP contribution in [0.5, 0.6) is 0 Å². The third-order valence-electron chi connectivity index (χ3n) is 7.15. The van der Waals surface area contributed by atoms with Crippen molar-refractivity contribution >= 4 is 25.9 Å². The molecule has 4 bridgehead atoms. The number of pyridine rings is 1. The summed E-state index contributed by atoms with van der Waals surface area (Å²) in [7, 11) is 2.09. The normalized spacial score (nSPS) is 41.0. The maximum absolute atomic E-state index is 4.80. The van der Waals surface area contributed by atoms with Crippen molar-refractivity contribution in [3.05, 3.63) is 18.3 Å². The summed E-state index contributed by atoms with van der Waals surface area (Å²) in [4.78, 5) is 7.35. The summed E-state index contributed by atoms with van der Waals surface area (Å²) in [5.41, 5.74) is 1.41. The number of hydrogen-bond donors (Lipinski definition) is 1. The average molecular weight is 386 g/mol. The second kappa shape index (κ2) is 6.32. The Morgan fingerprint density at radius 2 is 1.88 bits per heavy atom. The van der Waals surface area contributed by atoms with E-state index in [1.807, 2.05) is 0 Å². The van der Waals surface area contributed by atoms with Crippen LogP contribution in [0.25, 0.3) is 0 Å². The zero-order chi connectivity index (χ0) is 16.1.